The summed E-state index contributed by atoms with van der Waals surface area (Å²) in [5, 5.41) is 6.84. The second kappa shape index (κ2) is 4.67. The molecule has 0 radical (unpaired) electrons. The molecule has 4 nitrogen and oxygen atoms in total. The second-order valence-electron chi connectivity index (χ2n) is 5.39. The van der Waals surface area contributed by atoms with Crippen LogP contribution < -0.4 is 10.6 Å². The molecule has 1 saturated heterocycles. The number of hydrogen-bond acceptors (Lipinski definition) is 3. The van der Waals surface area contributed by atoms with E-state index in [0.29, 0.717) is 5.92 Å². The first kappa shape index (κ1) is 11.6. The predicted molar refractivity (Wildman–Crippen MR) is 70.7 cm³/mol. The van der Waals surface area contributed by atoms with Crippen LogP contribution in [0.4, 0.5) is 0 Å². The van der Waals surface area contributed by atoms with Gasteiger partial charge in [0.05, 0.1) is 6.54 Å². The summed E-state index contributed by atoms with van der Waals surface area (Å²) in [6.45, 7) is 5.52. The van der Waals surface area contributed by atoms with Crippen LogP contribution in [0, 0.1) is 5.92 Å². The zero-order valence-corrected chi connectivity index (χ0v) is 11.0. The van der Waals surface area contributed by atoms with Crippen LogP contribution in [0.5, 0.6) is 0 Å². The van der Waals surface area contributed by atoms with Crippen molar-refractivity contribution >= 4 is 5.91 Å². The number of nitrogens with zero attached hydrogens (tertiary/aromatic N) is 1. The fraction of sp³-hybridized carbons (Fsp3) is 0.643. The number of likely N-dealkylation sites (tertiary alicyclic amines) is 1. The minimum absolute atomic E-state index is 0.214. The average Bonchev–Trinajstić information content (AvgIpc) is 2.87. The molecule has 0 saturated carbocycles. The van der Waals surface area contributed by atoms with E-state index in [1.807, 2.05) is 4.90 Å². The highest BCUT2D eigenvalue weighted by Crippen LogP contribution is 2.34. The maximum absolute atomic E-state index is 11.3. The molecule has 3 aliphatic rings. The zero-order valence-electron chi connectivity index (χ0n) is 11.0. The third-order valence-corrected chi connectivity index (χ3v) is 4.34. The van der Waals surface area contributed by atoms with Gasteiger partial charge in [0.25, 0.3) is 0 Å². The largest absolute Gasteiger partial charge is 0.386 e. The lowest BCUT2D eigenvalue weighted by Crippen LogP contribution is -2.38. The fourth-order valence-corrected chi connectivity index (χ4v) is 3.30. The van der Waals surface area contributed by atoms with Crippen molar-refractivity contribution in [2.75, 3.05) is 26.2 Å². The third-order valence-electron chi connectivity index (χ3n) is 4.34. The maximum atomic E-state index is 11.3. The zero-order chi connectivity index (χ0) is 12.5. The summed E-state index contributed by atoms with van der Waals surface area (Å²) >= 11 is 0. The van der Waals surface area contributed by atoms with Crippen LogP contribution in [0.1, 0.15) is 26.2 Å². The van der Waals surface area contributed by atoms with Gasteiger partial charge in [-0.25, -0.2) is 0 Å². The number of dihydropyridines is 1. The first-order valence-electron chi connectivity index (χ1n) is 6.91. The van der Waals surface area contributed by atoms with E-state index in [1.54, 1.807) is 6.92 Å². The molecular weight excluding hydrogens is 226 g/mol. The van der Waals surface area contributed by atoms with Crippen molar-refractivity contribution in [1.82, 2.24) is 15.5 Å². The number of nitrogens with one attached hydrogen (secondary N) is 2. The molecule has 0 spiro atoms. The van der Waals surface area contributed by atoms with Crippen molar-refractivity contribution in [3.8, 4) is 0 Å². The van der Waals surface area contributed by atoms with Crippen molar-refractivity contribution in [3.63, 3.8) is 0 Å². The van der Waals surface area contributed by atoms with Crippen molar-refractivity contribution < 1.29 is 4.79 Å². The van der Waals surface area contributed by atoms with Crippen LogP contribution in [0.25, 0.3) is 0 Å². The van der Waals surface area contributed by atoms with Gasteiger partial charge in [-0.2, -0.15) is 0 Å². The average molecular weight is 247 g/mol. The Labute approximate surface area is 108 Å². The highest BCUT2D eigenvalue weighted by Gasteiger charge is 2.29. The molecule has 18 heavy (non-hydrogen) atoms. The number of rotatable bonds is 1. The molecule has 3 aliphatic heterocycles. The lowest BCUT2D eigenvalue weighted by atomic mass is 9.83. The van der Waals surface area contributed by atoms with E-state index in [-0.39, 0.29) is 5.91 Å². The van der Waals surface area contributed by atoms with Gasteiger partial charge in [-0.05, 0) is 36.3 Å². The number of hydrogen-bond donors (Lipinski definition) is 2. The van der Waals surface area contributed by atoms with Gasteiger partial charge in [0.15, 0.2) is 0 Å². The molecule has 3 heterocycles. The molecule has 0 unspecified atom stereocenters. The van der Waals surface area contributed by atoms with Crippen molar-refractivity contribution in [2.24, 2.45) is 5.92 Å². The molecule has 0 bridgehead atoms. The first-order valence-corrected chi connectivity index (χ1v) is 6.91. The molecule has 0 aromatic rings. The molecular formula is C14H21N3O. The molecule has 1 amide bonds. The molecule has 0 aromatic carbocycles. The van der Waals surface area contributed by atoms with E-state index in [4.69, 9.17) is 0 Å². The van der Waals surface area contributed by atoms with Gasteiger partial charge in [0.2, 0.25) is 5.91 Å². The highest BCUT2D eigenvalue weighted by molar-refractivity contribution is 5.73. The number of amides is 1. The molecule has 3 rings (SSSR count). The molecule has 1 fully saturated rings. The molecule has 2 N–H and O–H groups in total. The van der Waals surface area contributed by atoms with Gasteiger partial charge in [-0.15, -0.1) is 0 Å². The Balaban J connectivity index is 1.70. The first-order chi connectivity index (χ1) is 8.75. The monoisotopic (exact) mass is 247 g/mol. The van der Waals surface area contributed by atoms with E-state index < -0.39 is 0 Å². The van der Waals surface area contributed by atoms with Gasteiger partial charge < -0.3 is 15.5 Å². The Bertz CT molecular complexity index is 417. The van der Waals surface area contributed by atoms with Gasteiger partial charge in [0, 0.05) is 38.5 Å². The topological polar surface area (TPSA) is 44.4 Å². The summed E-state index contributed by atoms with van der Waals surface area (Å²) in [4.78, 5) is 13.3. The number of carbonyl (C=O) groups is 1. The SMILES string of the molecule is CC(=O)N1CCC(C2=CNCC3=C2CCN3)CC1. The van der Waals surface area contributed by atoms with E-state index in [1.165, 1.54) is 16.8 Å². The summed E-state index contributed by atoms with van der Waals surface area (Å²) in [5.41, 5.74) is 4.42. The summed E-state index contributed by atoms with van der Waals surface area (Å²) in [5.74, 6) is 0.838. The molecule has 98 valence electrons. The second-order valence-corrected chi connectivity index (χ2v) is 5.39. The van der Waals surface area contributed by atoms with Crippen molar-refractivity contribution in [3.05, 3.63) is 23.0 Å². The van der Waals surface area contributed by atoms with Crippen LogP contribution in [-0.4, -0.2) is 37.0 Å². The van der Waals surface area contributed by atoms with Crippen molar-refractivity contribution in [2.45, 2.75) is 26.2 Å². The van der Waals surface area contributed by atoms with Crippen LogP contribution in [0.2, 0.25) is 0 Å². The highest BCUT2D eigenvalue weighted by atomic mass is 16.2. The Kier molecular flexibility index (Phi) is 3.02. The maximum Gasteiger partial charge on any atom is 0.219 e. The van der Waals surface area contributed by atoms with E-state index in [0.717, 1.165) is 45.4 Å². The summed E-state index contributed by atoms with van der Waals surface area (Å²) in [6.07, 6.45) is 5.57. The minimum Gasteiger partial charge on any atom is -0.386 e. The van der Waals surface area contributed by atoms with E-state index >= 15 is 0 Å². The normalized spacial score (nSPS) is 24.3. The van der Waals surface area contributed by atoms with Gasteiger partial charge in [0.1, 0.15) is 0 Å². The summed E-state index contributed by atoms with van der Waals surface area (Å²) < 4.78 is 0. The minimum atomic E-state index is 0.214. The fourth-order valence-electron chi connectivity index (χ4n) is 3.30. The van der Waals surface area contributed by atoms with Gasteiger partial charge >= 0.3 is 0 Å². The number of allylic oxidation sites excluding steroid dienone is 1. The summed E-state index contributed by atoms with van der Waals surface area (Å²) in [6, 6.07) is 0. The Hall–Kier alpha value is -1.45. The van der Waals surface area contributed by atoms with E-state index in [2.05, 4.69) is 16.8 Å². The third kappa shape index (κ3) is 2.00. The Morgan fingerprint density at radius 3 is 2.89 bits per heavy atom. The molecule has 0 aromatic heterocycles. The van der Waals surface area contributed by atoms with Gasteiger partial charge in [-0.3, -0.25) is 4.79 Å². The van der Waals surface area contributed by atoms with Crippen LogP contribution in [0.15, 0.2) is 23.0 Å². The van der Waals surface area contributed by atoms with Gasteiger partial charge in [-0.1, -0.05) is 0 Å². The Morgan fingerprint density at radius 2 is 2.17 bits per heavy atom. The standard InChI is InChI=1S/C14H21N3O/c1-10(18)17-6-3-11(4-7-17)13-8-15-9-14-12(13)2-5-16-14/h8,11,15-16H,2-7,9H2,1H3. The smallest absolute Gasteiger partial charge is 0.219 e. The molecule has 0 atom stereocenters. The van der Waals surface area contributed by atoms with E-state index in [9.17, 15) is 4.79 Å². The van der Waals surface area contributed by atoms with Crippen molar-refractivity contribution in [1.29, 1.82) is 0 Å². The van der Waals surface area contributed by atoms with Crippen LogP contribution in [-0.2, 0) is 4.79 Å². The Morgan fingerprint density at radius 1 is 1.39 bits per heavy atom. The predicted octanol–water partition coefficient (Wildman–Crippen LogP) is 0.979. The van der Waals surface area contributed by atoms with Crippen LogP contribution >= 0.6 is 0 Å². The lowest BCUT2D eigenvalue weighted by Gasteiger charge is -2.34. The lowest BCUT2D eigenvalue weighted by molar-refractivity contribution is -0.130. The summed E-state index contributed by atoms with van der Waals surface area (Å²) in [7, 11) is 0. The van der Waals surface area contributed by atoms with Crippen LogP contribution in [0.3, 0.4) is 0 Å². The molecule has 4 heteroatoms. The number of carbonyl (C=O) groups excluding carboxylic acids is 1. The number of piperidine rings is 1. The molecule has 0 aliphatic carbocycles. The quantitative estimate of drug-likeness (QED) is 0.726.